The van der Waals surface area contributed by atoms with Crippen LogP contribution in [0.15, 0.2) is 76.0 Å². The van der Waals surface area contributed by atoms with Gasteiger partial charge in [-0.2, -0.15) is 4.31 Å². The summed E-state index contributed by atoms with van der Waals surface area (Å²) >= 11 is 0. The molecular formula is C27H24N4O6S. The van der Waals surface area contributed by atoms with Crippen molar-refractivity contribution in [2.24, 2.45) is 0 Å². The molecule has 2 aliphatic rings. The van der Waals surface area contributed by atoms with Gasteiger partial charge in [-0.1, -0.05) is 35.4 Å². The molecule has 0 radical (unpaired) electrons. The number of anilines is 1. The number of rotatable bonds is 6. The average molecular weight is 533 g/mol. The van der Waals surface area contributed by atoms with Crippen molar-refractivity contribution in [2.75, 3.05) is 25.1 Å². The van der Waals surface area contributed by atoms with E-state index in [2.05, 4.69) is 15.5 Å². The van der Waals surface area contributed by atoms with E-state index < -0.39 is 15.9 Å². The first-order valence-corrected chi connectivity index (χ1v) is 13.6. The Morgan fingerprint density at radius 2 is 1.68 bits per heavy atom. The van der Waals surface area contributed by atoms with E-state index >= 15 is 0 Å². The number of aromatic nitrogens is 2. The molecule has 1 amide bonds. The smallest absolute Gasteiger partial charge is 0.322 e. The fourth-order valence-electron chi connectivity index (χ4n) is 4.52. The first-order chi connectivity index (χ1) is 18.5. The number of ether oxygens (including phenoxy) is 2. The van der Waals surface area contributed by atoms with Gasteiger partial charge in [0.2, 0.25) is 15.9 Å². The molecule has 3 heterocycles. The van der Waals surface area contributed by atoms with Crippen LogP contribution in [0.5, 0.6) is 11.5 Å². The predicted octanol–water partition coefficient (Wildman–Crippen LogP) is 3.43. The van der Waals surface area contributed by atoms with E-state index in [9.17, 15) is 13.2 Å². The molecule has 194 valence electrons. The third-order valence-corrected chi connectivity index (χ3v) is 8.36. The third kappa shape index (κ3) is 4.85. The number of carbonyl (C=O) groups excluding carboxylic acids is 1. The summed E-state index contributed by atoms with van der Waals surface area (Å²) in [5.74, 6) is 1.19. The molecule has 0 fully saturated rings. The Kier molecular flexibility index (Phi) is 6.30. The number of carbonyl (C=O) groups is 1. The van der Waals surface area contributed by atoms with Crippen molar-refractivity contribution in [2.45, 2.75) is 24.3 Å². The molecule has 0 spiro atoms. The quantitative estimate of drug-likeness (QED) is 0.401. The Hall–Kier alpha value is -4.22. The van der Waals surface area contributed by atoms with Crippen molar-refractivity contribution in [1.29, 1.82) is 0 Å². The SMILES string of the molecule is O=C(Nc1nnc(Cc2ccc3c(c2)OCCO3)o1)c1ccc(S(=O)(=O)N2CCc3ccccc3C2)cc1. The number of amides is 1. The normalized spacial score (nSPS) is 15.1. The van der Waals surface area contributed by atoms with Crippen molar-refractivity contribution >= 4 is 21.9 Å². The van der Waals surface area contributed by atoms with E-state index in [1.54, 1.807) is 0 Å². The Balaban J connectivity index is 1.10. The summed E-state index contributed by atoms with van der Waals surface area (Å²) in [6.45, 7) is 1.75. The maximum absolute atomic E-state index is 13.2. The van der Waals surface area contributed by atoms with Crippen LogP contribution in [0, 0.1) is 0 Å². The Labute approximate surface area is 219 Å². The predicted molar refractivity (Wildman–Crippen MR) is 137 cm³/mol. The van der Waals surface area contributed by atoms with Crippen LogP contribution < -0.4 is 14.8 Å². The van der Waals surface area contributed by atoms with Gasteiger partial charge >= 0.3 is 6.01 Å². The standard InChI is InChI=1S/C27H24N4O6S/c32-26(28-27-30-29-25(37-27)16-18-5-10-23-24(15-18)36-14-13-35-23)20-6-8-22(9-7-20)38(33,34)31-12-11-19-3-1-2-4-21(19)17-31/h1-10,15H,11-14,16-17H2,(H,28,30,32). The van der Waals surface area contributed by atoms with Crippen molar-refractivity contribution in [3.8, 4) is 11.5 Å². The summed E-state index contributed by atoms with van der Waals surface area (Å²) in [4.78, 5) is 12.8. The maximum Gasteiger partial charge on any atom is 0.322 e. The van der Waals surface area contributed by atoms with Crippen molar-refractivity contribution in [3.63, 3.8) is 0 Å². The van der Waals surface area contributed by atoms with Crippen LogP contribution in [-0.2, 0) is 29.4 Å². The van der Waals surface area contributed by atoms with Crippen LogP contribution in [0.3, 0.4) is 0 Å². The highest BCUT2D eigenvalue weighted by molar-refractivity contribution is 7.89. The van der Waals surface area contributed by atoms with Gasteiger partial charge in [-0.05, 0) is 59.5 Å². The van der Waals surface area contributed by atoms with Crippen LogP contribution in [-0.4, -0.2) is 48.6 Å². The second-order valence-electron chi connectivity index (χ2n) is 8.99. The number of hydrogen-bond acceptors (Lipinski definition) is 8. The van der Waals surface area contributed by atoms with E-state index in [4.69, 9.17) is 13.9 Å². The van der Waals surface area contributed by atoms with E-state index in [0.717, 1.165) is 11.1 Å². The molecule has 0 saturated heterocycles. The molecule has 3 aromatic carbocycles. The van der Waals surface area contributed by atoms with Gasteiger partial charge in [-0.3, -0.25) is 10.1 Å². The number of sulfonamides is 1. The number of nitrogens with one attached hydrogen (secondary N) is 1. The zero-order valence-corrected chi connectivity index (χ0v) is 21.1. The zero-order valence-electron chi connectivity index (χ0n) is 20.3. The van der Waals surface area contributed by atoms with Gasteiger partial charge in [0.25, 0.3) is 5.91 Å². The molecular weight excluding hydrogens is 508 g/mol. The number of benzene rings is 3. The Bertz CT molecular complexity index is 1600. The summed E-state index contributed by atoms with van der Waals surface area (Å²) in [5.41, 5.74) is 3.33. The highest BCUT2D eigenvalue weighted by Gasteiger charge is 2.28. The molecule has 4 aromatic rings. The second kappa shape index (κ2) is 9.92. The van der Waals surface area contributed by atoms with E-state index in [1.165, 1.54) is 34.1 Å². The van der Waals surface area contributed by atoms with Crippen molar-refractivity contribution in [1.82, 2.24) is 14.5 Å². The minimum Gasteiger partial charge on any atom is -0.486 e. The van der Waals surface area contributed by atoms with Gasteiger partial charge in [0.1, 0.15) is 13.2 Å². The van der Waals surface area contributed by atoms with E-state index in [0.29, 0.717) is 56.5 Å². The van der Waals surface area contributed by atoms with Crippen LogP contribution >= 0.6 is 0 Å². The van der Waals surface area contributed by atoms with E-state index in [-0.39, 0.29) is 16.5 Å². The van der Waals surface area contributed by atoms with Crippen LogP contribution in [0.25, 0.3) is 0 Å². The second-order valence-corrected chi connectivity index (χ2v) is 10.9. The number of nitrogens with zero attached hydrogens (tertiary/aromatic N) is 3. The largest absolute Gasteiger partial charge is 0.486 e. The minimum absolute atomic E-state index is 0.0498. The van der Waals surface area contributed by atoms with Crippen molar-refractivity contribution < 1.29 is 27.1 Å². The molecule has 11 heteroatoms. The van der Waals surface area contributed by atoms with Crippen LogP contribution in [0.4, 0.5) is 6.01 Å². The van der Waals surface area contributed by atoms with Gasteiger partial charge in [0, 0.05) is 18.7 Å². The summed E-state index contributed by atoms with van der Waals surface area (Å²) in [5, 5.41) is 10.5. The minimum atomic E-state index is -3.69. The van der Waals surface area contributed by atoms with Gasteiger partial charge in [0.05, 0.1) is 11.3 Å². The lowest BCUT2D eigenvalue weighted by Gasteiger charge is -2.28. The zero-order chi connectivity index (χ0) is 26.1. The highest BCUT2D eigenvalue weighted by Crippen LogP contribution is 2.31. The molecule has 1 N–H and O–H groups in total. The fraction of sp³-hybridized carbons (Fsp3) is 0.222. The van der Waals surface area contributed by atoms with Crippen molar-refractivity contribution in [3.05, 3.63) is 94.9 Å². The summed E-state index contributed by atoms with van der Waals surface area (Å²) < 4.78 is 44.5. The van der Waals surface area contributed by atoms with Crippen LogP contribution in [0.1, 0.15) is 32.9 Å². The summed E-state index contributed by atoms with van der Waals surface area (Å²) in [6, 6.07) is 19.2. The molecule has 0 saturated carbocycles. The lowest BCUT2D eigenvalue weighted by atomic mass is 10.0. The molecule has 38 heavy (non-hydrogen) atoms. The Morgan fingerprint density at radius 3 is 2.50 bits per heavy atom. The molecule has 2 aliphatic heterocycles. The van der Waals surface area contributed by atoms with Gasteiger partial charge < -0.3 is 13.9 Å². The lowest BCUT2D eigenvalue weighted by molar-refractivity contribution is 0.102. The maximum atomic E-state index is 13.2. The molecule has 10 nitrogen and oxygen atoms in total. The summed E-state index contributed by atoms with van der Waals surface area (Å²) in [7, 11) is -3.69. The van der Waals surface area contributed by atoms with E-state index in [1.807, 2.05) is 42.5 Å². The fourth-order valence-corrected chi connectivity index (χ4v) is 5.94. The molecule has 1 aromatic heterocycles. The van der Waals surface area contributed by atoms with Gasteiger partial charge in [0.15, 0.2) is 11.5 Å². The number of fused-ring (bicyclic) bond motifs is 2. The van der Waals surface area contributed by atoms with Gasteiger partial charge in [-0.15, -0.1) is 5.10 Å². The number of hydrogen-bond donors (Lipinski definition) is 1. The third-order valence-electron chi connectivity index (χ3n) is 6.50. The van der Waals surface area contributed by atoms with Crippen LogP contribution in [0.2, 0.25) is 0 Å². The summed E-state index contributed by atoms with van der Waals surface area (Å²) in [6.07, 6.45) is 1.02. The van der Waals surface area contributed by atoms with Gasteiger partial charge in [-0.25, -0.2) is 8.42 Å². The molecule has 6 rings (SSSR count). The topological polar surface area (TPSA) is 124 Å². The monoisotopic (exact) mass is 532 g/mol. The first kappa shape index (κ1) is 24.1. The molecule has 0 atom stereocenters. The Morgan fingerprint density at radius 1 is 0.921 bits per heavy atom. The molecule has 0 bridgehead atoms. The first-order valence-electron chi connectivity index (χ1n) is 12.1. The highest BCUT2D eigenvalue weighted by atomic mass is 32.2. The molecule has 0 unspecified atom stereocenters. The lowest BCUT2D eigenvalue weighted by Crippen LogP contribution is -2.35. The molecule has 0 aliphatic carbocycles. The average Bonchev–Trinajstić information content (AvgIpc) is 3.39.